The van der Waals surface area contributed by atoms with Gasteiger partial charge in [-0.1, -0.05) is 6.07 Å². The summed E-state index contributed by atoms with van der Waals surface area (Å²) in [5, 5.41) is 9.10. The first-order valence-corrected chi connectivity index (χ1v) is 6.92. The summed E-state index contributed by atoms with van der Waals surface area (Å²) in [6.07, 6.45) is 0.733. The molecule has 22 heavy (non-hydrogen) atoms. The van der Waals surface area contributed by atoms with Crippen molar-refractivity contribution in [1.82, 2.24) is 0 Å². The standard InChI is InChI=1S/C17H15NO4/c1-22-14-6-4-12(5-7-14)16(19)18-9-8-11-2-3-13(17(20)21)10-15(11)18/h2-7,10H,8-9H2,1H3,(H,20,21). The van der Waals surface area contributed by atoms with Crippen LogP contribution in [-0.4, -0.2) is 30.6 Å². The van der Waals surface area contributed by atoms with Crippen LogP contribution in [0.4, 0.5) is 5.69 Å². The number of carbonyl (C=O) groups is 2. The minimum absolute atomic E-state index is 0.135. The summed E-state index contributed by atoms with van der Waals surface area (Å²) >= 11 is 0. The number of anilines is 1. The van der Waals surface area contributed by atoms with Gasteiger partial charge in [-0.25, -0.2) is 4.79 Å². The maximum absolute atomic E-state index is 12.6. The number of hydrogen-bond acceptors (Lipinski definition) is 3. The summed E-state index contributed by atoms with van der Waals surface area (Å²) in [6.45, 7) is 0.559. The fraction of sp³-hybridized carbons (Fsp3) is 0.176. The Bertz CT molecular complexity index is 737. The van der Waals surface area contributed by atoms with Crippen molar-refractivity contribution in [3.8, 4) is 5.75 Å². The molecule has 0 bridgehead atoms. The largest absolute Gasteiger partial charge is 0.497 e. The number of carbonyl (C=O) groups excluding carboxylic acids is 1. The average Bonchev–Trinajstić information content (AvgIpc) is 2.97. The number of aromatic carboxylic acids is 1. The summed E-state index contributed by atoms with van der Waals surface area (Å²) in [5.74, 6) is -0.443. The summed E-state index contributed by atoms with van der Waals surface area (Å²) in [5.41, 5.74) is 2.41. The van der Waals surface area contributed by atoms with Crippen LogP contribution < -0.4 is 9.64 Å². The molecule has 5 heteroatoms. The van der Waals surface area contributed by atoms with Gasteiger partial charge in [0.05, 0.1) is 12.7 Å². The first-order valence-electron chi connectivity index (χ1n) is 6.92. The molecular formula is C17H15NO4. The van der Waals surface area contributed by atoms with Gasteiger partial charge >= 0.3 is 5.97 Å². The summed E-state index contributed by atoms with van der Waals surface area (Å²) in [4.78, 5) is 25.4. The molecule has 0 aromatic heterocycles. The molecule has 0 spiro atoms. The Morgan fingerprint density at radius 3 is 2.41 bits per heavy atom. The predicted octanol–water partition coefficient (Wildman–Crippen LogP) is 2.60. The van der Waals surface area contributed by atoms with Crippen molar-refractivity contribution in [3.63, 3.8) is 0 Å². The van der Waals surface area contributed by atoms with E-state index in [1.165, 1.54) is 0 Å². The summed E-state index contributed by atoms with van der Waals surface area (Å²) in [6, 6.07) is 11.8. The van der Waals surface area contributed by atoms with Crippen LogP contribution in [0.3, 0.4) is 0 Å². The summed E-state index contributed by atoms with van der Waals surface area (Å²) < 4.78 is 5.08. The number of ether oxygens (including phenoxy) is 1. The van der Waals surface area contributed by atoms with Crippen LogP contribution in [0.15, 0.2) is 42.5 Å². The Morgan fingerprint density at radius 2 is 1.77 bits per heavy atom. The first-order chi connectivity index (χ1) is 10.6. The summed E-state index contributed by atoms with van der Waals surface area (Å²) in [7, 11) is 1.57. The van der Waals surface area contributed by atoms with Gasteiger partial charge < -0.3 is 14.7 Å². The van der Waals surface area contributed by atoms with Crippen LogP contribution in [0.2, 0.25) is 0 Å². The van der Waals surface area contributed by atoms with E-state index >= 15 is 0 Å². The third-order valence-electron chi connectivity index (χ3n) is 3.81. The lowest BCUT2D eigenvalue weighted by Gasteiger charge is -2.18. The smallest absolute Gasteiger partial charge is 0.335 e. The Kier molecular flexibility index (Phi) is 3.55. The molecule has 1 heterocycles. The zero-order valence-corrected chi connectivity index (χ0v) is 12.1. The monoisotopic (exact) mass is 297 g/mol. The van der Waals surface area contributed by atoms with E-state index in [2.05, 4.69) is 0 Å². The molecule has 0 atom stereocenters. The van der Waals surface area contributed by atoms with Crippen LogP contribution >= 0.6 is 0 Å². The normalized spacial score (nSPS) is 12.9. The van der Waals surface area contributed by atoms with Crippen molar-refractivity contribution in [2.24, 2.45) is 0 Å². The molecule has 0 saturated carbocycles. The lowest BCUT2D eigenvalue weighted by Crippen LogP contribution is -2.28. The van der Waals surface area contributed by atoms with Gasteiger partial charge in [-0.2, -0.15) is 0 Å². The quantitative estimate of drug-likeness (QED) is 0.945. The number of benzene rings is 2. The average molecular weight is 297 g/mol. The minimum atomic E-state index is -0.994. The second-order valence-electron chi connectivity index (χ2n) is 5.08. The molecule has 0 saturated heterocycles. The second-order valence-corrected chi connectivity index (χ2v) is 5.08. The molecule has 1 aliphatic heterocycles. The van der Waals surface area contributed by atoms with Crippen LogP contribution in [0.1, 0.15) is 26.3 Å². The molecule has 0 unspecified atom stereocenters. The Balaban J connectivity index is 1.92. The van der Waals surface area contributed by atoms with Gasteiger partial charge in [0.25, 0.3) is 5.91 Å². The van der Waals surface area contributed by atoms with Gasteiger partial charge in [0.2, 0.25) is 0 Å². The molecule has 2 aromatic rings. The van der Waals surface area contributed by atoms with Gasteiger partial charge in [-0.3, -0.25) is 4.79 Å². The second kappa shape index (κ2) is 5.52. The zero-order chi connectivity index (χ0) is 15.7. The molecule has 1 aliphatic rings. The first kappa shape index (κ1) is 14.1. The molecule has 0 aliphatic carbocycles. The Hall–Kier alpha value is -2.82. The van der Waals surface area contributed by atoms with Gasteiger partial charge in [0.1, 0.15) is 5.75 Å². The van der Waals surface area contributed by atoms with Gasteiger partial charge in [-0.15, -0.1) is 0 Å². The number of methoxy groups -OCH3 is 1. The predicted molar refractivity (Wildman–Crippen MR) is 81.8 cm³/mol. The lowest BCUT2D eigenvalue weighted by molar-refractivity contribution is 0.0696. The number of carboxylic acid groups (broad SMARTS) is 1. The van der Waals surface area contributed by atoms with Crippen molar-refractivity contribution < 1.29 is 19.4 Å². The van der Waals surface area contributed by atoms with Crippen molar-refractivity contribution in [2.45, 2.75) is 6.42 Å². The van der Waals surface area contributed by atoms with Crippen molar-refractivity contribution in [2.75, 3.05) is 18.6 Å². The minimum Gasteiger partial charge on any atom is -0.497 e. The zero-order valence-electron chi connectivity index (χ0n) is 12.1. The van der Waals surface area contributed by atoms with Crippen LogP contribution in [0.5, 0.6) is 5.75 Å². The highest BCUT2D eigenvalue weighted by molar-refractivity contribution is 6.08. The number of nitrogens with zero attached hydrogens (tertiary/aromatic N) is 1. The molecule has 0 radical (unpaired) electrons. The van der Waals surface area contributed by atoms with Crippen molar-refractivity contribution in [3.05, 3.63) is 59.2 Å². The lowest BCUT2D eigenvalue weighted by atomic mass is 10.1. The van der Waals surface area contributed by atoms with Gasteiger partial charge in [0.15, 0.2) is 0 Å². The number of rotatable bonds is 3. The third kappa shape index (κ3) is 2.41. The number of amides is 1. The fourth-order valence-electron chi connectivity index (χ4n) is 2.61. The molecule has 2 aromatic carbocycles. The van der Waals surface area contributed by atoms with Crippen LogP contribution in [-0.2, 0) is 6.42 Å². The van der Waals surface area contributed by atoms with E-state index in [1.54, 1.807) is 54.5 Å². The fourth-order valence-corrected chi connectivity index (χ4v) is 2.61. The van der Waals surface area contributed by atoms with E-state index in [9.17, 15) is 9.59 Å². The van der Waals surface area contributed by atoms with E-state index in [0.29, 0.717) is 23.5 Å². The molecule has 0 fully saturated rings. The number of fused-ring (bicyclic) bond motifs is 1. The molecule has 1 amide bonds. The van der Waals surface area contributed by atoms with Crippen molar-refractivity contribution in [1.29, 1.82) is 0 Å². The molecular weight excluding hydrogens is 282 g/mol. The highest BCUT2D eigenvalue weighted by atomic mass is 16.5. The maximum Gasteiger partial charge on any atom is 0.335 e. The van der Waals surface area contributed by atoms with E-state index in [1.807, 2.05) is 0 Å². The van der Waals surface area contributed by atoms with Gasteiger partial charge in [0, 0.05) is 17.8 Å². The molecule has 5 nitrogen and oxygen atoms in total. The Labute approximate surface area is 127 Å². The Morgan fingerprint density at radius 1 is 1.09 bits per heavy atom. The topological polar surface area (TPSA) is 66.8 Å². The SMILES string of the molecule is COc1ccc(C(=O)N2CCc3ccc(C(=O)O)cc32)cc1. The number of carboxylic acids is 1. The number of hydrogen-bond donors (Lipinski definition) is 1. The molecule has 1 N–H and O–H groups in total. The molecule has 112 valence electrons. The van der Waals surface area contributed by atoms with Crippen LogP contribution in [0, 0.1) is 0 Å². The third-order valence-corrected chi connectivity index (χ3v) is 3.81. The molecule has 3 rings (SSSR count). The highest BCUT2D eigenvalue weighted by Crippen LogP contribution is 2.30. The van der Waals surface area contributed by atoms with E-state index in [0.717, 1.165) is 12.0 Å². The van der Waals surface area contributed by atoms with Crippen molar-refractivity contribution >= 4 is 17.6 Å². The van der Waals surface area contributed by atoms with Gasteiger partial charge in [-0.05, 0) is 48.4 Å². The van der Waals surface area contributed by atoms with E-state index < -0.39 is 5.97 Å². The maximum atomic E-state index is 12.6. The van der Waals surface area contributed by atoms with E-state index in [-0.39, 0.29) is 11.5 Å². The van der Waals surface area contributed by atoms with E-state index in [4.69, 9.17) is 9.84 Å². The highest BCUT2D eigenvalue weighted by Gasteiger charge is 2.26. The van der Waals surface area contributed by atoms with Crippen LogP contribution in [0.25, 0.3) is 0 Å².